The number of halogens is 3. The Morgan fingerprint density at radius 3 is 2.42 bits per heavy atom. The Labute approximate surface area is 237 Å². The number of hydrogen-bond acceptors (Lipinski definition) is 5. The van der Waals surface area contributed by atoms with Gasteiger partial charge in [0.1, 0.15) is 18.4 Å². The summed E-state index contributed by atoms with van der Waals surface area (Å²) in [5, 5.41) is 14.5. The zero-order valence-electron chi connectivity index (χ0n) is 24.7. The van der Waals surface area contributed by atoms with Crippen molar-refractivity contribution >= 4 is 18.5 Å². The van der Waals surface area contributed by atoms with Crippen LogP contribution in [0, 0.1) is 0 Å². The number of nitrogens with zero attached hydrogens (tertiary/aromatic N) is 2. The topological polar surface area (TPSA) is 94.0 Å². The fraction of sp³-hybridized carbons (Fsp3) is 0.500. The van der Waals surface area contributed by atoms with E-state index < -0.39 is 12.6 Å². The minimum atomic E-state index is -3.95. The van der Waals surface area contributed by atoms with Crippen LogP contribution in [0.5, 0.6) is 5.75 Å². The molecule has 0 fully saturated rings. The van der Waals surface area contributed by atoms with E-state index in [0.29, 0.717) is 25.8 Å². The highest BCUT2D eigenvalue weighted by Crippen LogP contribution is 2.26. The third-order valence-corrected chi connectivity index (χ3v) is 5.27. The normalized spacial score (nSPS) is 13.0. The Hall–Kier alpha value is -3.56. The molecule has 0 radical (unpaired) electrons. The molecule has 1 unspecified atom stereocenters. The number of hydrogen-bond donors (Lipinski definition) is 3. The number of hydrazine groups is 1. The van der Waals surface area contributed by atoms with Crippen LogP contribution in [0.3, 0.4) is 0 Å². The number of phenolic OH excluding ortho intramolecular Hbond substituents is 1. The van der Waals surface area contributed by atoms with Gasteiger partial charge in [0, 0.05) is 26.4 Å². The van der Waals surface area contributed by atoms with Crippen LogP contribution >= 0.6 is 0 Å². The van der Waals surface area contributed by atoms with Gasteiger partial charge in [-0.3, -0.25) is 20.2 Å². The number of allylic oxidation sites excluding steroid dienone is 5. The predicted octanol–water partition coefficient (Wildman–Crippen LogP) is 7.18. The number of amides is 1. The van der Waals surface area contributed by atoms with Crippen LogP contribution in [0.1, 0.15) is 84.7 Å². The van der Waals surface area contributed by atoms with Crippen LogP contribution < -0.4 is 10.7 Å². The van der Waals surface area contributed by atoms with Gasteiger partial charge in [-0.1, -0.05) is 57.6 Å². The first kappa shape index (κ1) is 38.6. The second kappa shape index (κ2) is 23.3. The number of aromatic hydroxyl groups is 1. The standard InChI is InChI=1S/C22H30N4O2.C5H9F3.C2H6.CH2O/c1-17(19-10-8-13-21(27)16-19)26(20-11-6-4-5-7-12-20)25-18(2)24-15-9-14-22(28)23-3;1-2-3-4-5(6,7)8;2*1-2/h4,6-8,10-13,16-17,27H,5,9,14-15H2,1-3H3,(H,23,28)(H,24,25);2-4H2,1H3;1-2H3;1H2. The second-order valence-corrected chi connectivity index (χ2v) is 8.37. The van der Waals surface area contributed by atoms with Crippen molar-refractivity contribution in [2.24, 2.45) is 4.99 Å². The van der Waals surface area contributed by atoms with Crippen molar-refractivity contribution in [1.82, 2.24) is 15.8 Å². The quantitative estimate of drug-likeness (QED) is 0.120. The van der Waals surface area contributed by atoms with Gasteiger partial charge in [-0.05, 0) is 63.0 Å². The van der Waals surface area contributed by atoms with E-state index in [0.717, 1.165) is 23.5 Å². The molecule has 1 aromatic carbocycles. The average molecular weight is 569 g/mol. The molecule has 0 aromatic heterocycles. The summed E-state index contributed by atoms with van der Waals surface area (Å²) in [6, 6.07) is 7.24. The number of rotatable bonds is 10. The first-order chi connectivity index (χ1) is 19.1. The smallest absolute Gasteiger partial charge is 0.389 e. The fourth-order valence-corrected chi connectivity index (χ4v) is 3.25. The zero-order valence-corrected chi connectivity index (χ0v) is 24.7. The summed E-state index contributed by atoms with van der Waals surface area (Å²) in [6.45, 7) is 12.3. The molecule has 226 valence electrons. The van der Waals surface area contributed by atoms with Crippen LogP contribution in [-0.4, -0.2) is 48.4 Å². The first-order valence-electron chi connectivity index (χ1n) is 13.5. The zero-order chi connectivity index (χ0) is 31.0. The van der Waals surface area contributed by atoms with E-state index in [1.54, 1.807) is 26.1 Å². The van der Waals surface area contributed by atoms with Gasteiger partial charge in [-0.15, -0.1) is 0 Å². The largest absolute Gasteiger partial charge is 0.508 e. The molecule has 1 atom stereocenters. The summed E-state index contributed by atoms with van der Waals surface area (Å²) < 4.78 is 33.7. The Morgan fingerprint density at radius 2 is 1.88 bits per heavy atom. The summed E-state index contributed by atoms with van der Waals surface area (Å²) in [5.74, 6) is 1.04. The molecule has 3 N–H and O–H groups in total. The van der Waals surface area contributed by atoms with Gasteiger partial charge in [0.2, 0.25) is 5.91 Å². The highest BCUT2D eigenvalue weighted by atomic mass is 19.4. The Bertz CT molecular complexity index is 944. The van der Waals surface area contributed by atoms with Gasteiger partial charge < -0.3 is 15.2 Å². The van der Waals surface area contributed by atoms with Gasteiger partial charge in [0.25, 0.3) is 0 Å². The van der Waals surface area contributed by atoms with Crippen molar-refractivity contribution in [1.29, 1.82) is 0 Å². The fourth-order valence-electron chi connectivity index (χ4n) is 3.25. The van der Waals surface area contributed by atoms with E-state index in [2.05, 4.69) is 47.0 Å². The third-order valence-electron chi connectivity index (χ3n) is 5.27. The van der Waals surface area contributed by atoms with Crippen molar-refractivity contribution in [3.05, 3.63) is 65.9 Å². The number of nitrogens with one attached hydrogen (secondary N) is 2. The van der Waals surface area contributed by atoms with Gasteiger partial charge in [-0.2, -0.15) is 13.2 Å². The van der Waals surface area contributed by atoms with Crippen molar-refractivity contribution in [3.8, 4) is 5.75 Å². The maximum Gasteiger partial charge on any atom is 0.389 e. The average Bonchev–Trinajstić information content (AvgIpc) is 3.24. The van der Waals surface area contributed by atoms with Crippen molar-refractivity contribution < 1.29 is 27.9 Å². The minimum Gasteiger partial charge on any atom is -0.508 e. The lowest BCUT2D eigenvalue weighted by molar-refractivity contribution is -0.135. The van der Waals surface area contributed by atoms with Crippen LogP contribution in [0.4, 0.5) is 13.2 Å². The molecule has 1 aromatic rings. The van der Waals surface area contributed by atoms with Gasteiger partial charge in [0.15, 0.2) is 0 Å². The Morgan fingerprint density at radius 1 is 1.20 bits per heavy atom. The number of benzene rings is 1. The van der Waals surface area contributed by atoms with Crippen LogP contribution in [0.15, 0.2) is 65.3 Å². The summed E-state index contributed by atoms with van der Waals surface area (Å²) in [7, 11) is 1.64. The molecule has 0 saturated carbocycles. The van der Waals surface area contributed by atoms with E-state index in [-0.39, 0.29) is 24.1 Å². The SMILES string of the molecule is C=O.CC.CCCCC(F)(F)F.CNC(=O)CCCN=C(C)NN(C1=CC=CCC=C1)C(C)c1cccc(O)c1. The summed E-state index contributed by atoms with van der Waals surface area (Å²) >= 11 is 0. The molecule has 40 heavy (non-hydrogen) atoms. The van der Waals surface area contributed by atoms with Crippen LogP contribution in [0.2, 0.25) is 0 Å². The van der Waals surface area contributed by atoms with Crippen molar-refractivity contribution in [3.63, 3.8) is 0 Å². The van der Waals surface area contributed by atoms with Gasteiger partial charge >= 0.3 is 6.18 Å². The van der Waals surface area contributed by atoms with Crippen molar-refractivity contribution in [2.75, 3.05) is 13.6 Å². The number of amidine groups is 1. The predicted molar refractivity (Wildman–Crippen MR) is 158 cm³/mol. The highest BCUT2D eigenvalue weighted by Gasteiger charge is 2.25. The summed E-state index contributed by atoms with van der Waals surface area (Å²) in [5.41, 5.74) is 5.37. The van der Waals surface area contributed by atoms with E-state index in [1.807, 2.05) is 50.8 Å². The molecule has 0 heterocycles. The van der Waals surface area contributed by atoms with E-state index in [4.69, 9.17) is 4.79 Å². The maximum absolute atomic E-state index is 11.3. The van der Waals surface area contributed by atoms with Crippen LogP contribution in [-0.2, 0) is 9.59 Å². The maximum atomic E-state index is 11.3. The lowest BCUT2D eigenvalue weighted by atomic mass is 10.1. The lowest BCUT2D eigenvalue weighted by Crippen LogP contribution is -2.41. The number of unbranched alkanes of at least 4 members (excludes halogenated alkanes) is 1. The number of phenols is 1. The van der Waals surface area contributed by atoms with E-state index >= 15 is 0 Å². The third kappa shape index (κ3) is 18.7. The molecule has 1 aliphatic rings. The molecular formula is C30H47F3N4O3. The minimum absolute atomic E-state index is 0.0282. The van der Waals surface area contributed by atoms with E-state index in [9.17, 15) is 23.1 Å². The Balaban J connectivity index is 0. The number of carbonyl (C=O) groups is 2. The highest BCUT2D eigenvalue weighted by molar-refractivity contribution is 5.79. The van der Waals surface area contributed by atoms with Crippen LogP contribution in [0.25, 0.3) is 0 Å². The molecule has 2 rings (SSSR count). The lowest BCUT2D eigenvalue weighted by Gasteiger charge is -2.33. The van der Waals surface area contributed by atoms with Gasteiger partial charge in [-0.25, -0.2) is 0 Å². The summed E-state index contributed by atoms with van der Waals surface area (Å²) in [4.78, 5) is 23.9. The molecule has 1 amide bonds. The molecule has 0 spiro atoms. The molecule has 10 heteroatoms. The second-order valence-electron chi connectivity index (χ2n) is 8.37. The number of alkyl halides is 3. The molecule has 0 aliphatic heterocycles. The first-order valence-corrected chi connectivity index (χ1v) is 13.5. The molecule has 0 bridgehead atoms. The summed E-state index contributed by atoms with van der Waals surface area (Å²) in [6.07, 6.45) is 8.70. The Kier molecular flexibility index (Phi) is 22.5. The molecule has 1 aliphatic carbocycles. The van der Waals surface area contributed by atoms with Crippen molar-refractivity contribution in [2.45, 2.75) is 85.4 Å². The molecule has 7 nitrogen and oxygen atoms in total. The monoisotopic (exact) mass is 568 g/mol. The number of carbonyl (C=O) groups excluding carboxylic acids is 2. The van der Waals surface area contributed by atoms with E-state index in [1.165, 1.54) is 0 Å². The number of aliphatic imine (C=N–C) groups is 1. The molecular weight excluding hydrogens is 521 g/mol. The molecule has 0 saturated heterocycles. The van der Waals surface area contributed by atoms with Gasteiger partial charge in [0.05, 0.1) is 11.7 Å².